The van der Waals surface area contributed by atoms with E-state index in [0.29, 0.717) is 24.6 Å². The zero-order valence-corrected chi connectivity index (χ0v) is 13.9. The molecule has 0 N–H and O–H groups in total. The van der Waals surface area contributed by atoms with E-state index in [9.17, 15) is 8.42 Å². The molecule has 2 rings (SSSR count). The van der Waals surface area contributed by atoms with Crippen molar-refractivity contribution in [2.45, 2.75) is 31.6 Å². The van der Waals surface area contributed by atoms with E-state index in [0.717, 1.165) is 12.8 Å². The minimum atomic E-state index is -3.56. The topological polar surface area (TPSA) is 55.8 Å². The first-order valence-electron chi connectivity index (χ1n) is 7.02. The van der Waals surface area contributed by atoms with E-state index in [1.165, 1.54) is 24.6 Å². The molecule has 0 unspecified atom stereocenters. The number of hydrogen-bond donors (Lipinski definition) is 0. The summed E-state index contributed by atoms with van der Waals surface area (Å²) in [4.78, 5) is 0.170. The van der Waals surface area contributed by atoms with Gasteiger partial charge in [-0.25, -0.2) is 8.42 Å². The van der Waals surface area contributed by atoms with E-state index < -0.39 is 10.0 Å². The van der Waals surface area contributed by atoms with Crippen LogP contribution in [-0.4, -0.2) is 40.0 Å². The van der Waals surface area contributed by atoms with Crippen LogP contribution in [0.5, 0.6) is 11.5 Å². The number of benzene rings is 1. The van der Waals surface area contributed by atoms with E-state index in [1.54, 1.807) is 12.1 Å². The highest BCUT2D eigenvalue weighted by Crippen LogP contribution is 2.35. The van der Waals surface area contributed by atoms with Gasteiger partial charge in [-0.2, -0.15) is 4.31 Å². The summed E-state index contributed by atoms with van der Waals surface area (Å²) in [6, 6.07) is 4.84. The van der Waals surface area contributed by atoms with Crippen LogP contribution in [0.2, 0.25) is 0 Å². The van der Waals surface area contributed by atoms with Crippen molar-refractivity contribution in [2.75, 3.05) is 27.3 Å². The van der Waals surface area contributed by atoms with E-state index >= 15 is 0 Å². The Hall–Kier alpha value is -1.27. The Labute approximate surface area is 126 Å². The average molecular weight is 313 g/mol. The Morgan fingerprint density at radius 2 is 1.71 bits per heavy atom. The van der Waals surface area contributed by atoms with Crippen molar-refractivity contribution in [2.24, 2.45) is 5.41 Å². The predicted octanol–water partition coefficient (Wildman–Crippen LogP) is 2.51. The summed E-state index contributed by atoms with van der Waals surface area (Å²) in [5.41, 5.74) is 0.199. The van der Waals surface area contributed by atoms with Crippen LogP contribution in [0.15, 0.2) is 23.1 Å². The van der Waals surface area contributed by atoms with Crippen molar-refractivity contribution < 1.29 is 17.9 Å². The molecule has 0 aliphatic carbocycles. The predicted molar refractivity (Wildman–Crippen MR) is 81.3 cm³/mol. The van der Waals surface area contributed by atoms with Crippen LogP contribution < -0.4 is 9.47 Å². The van der Waals surface area contributed by atoms with Crippen molar-refractivity contribution in [3.05, 3.63) is 18.2 Å². The molecular weight excluding hydrogens is 290 g/mol. The molecule has 21 heavy (non-hydrogen) atoms. The third-order valence-electron chi connectivity index (χ3n) is 4.06. The van der Waals surface area contributed by atoms with Gasteiger partial charge in [-0.15, -0.1) is 0 Å². The van der Waals surface area contributed by atoms with E-state index in [4.69, 9.17) is 9.47 Å². The molecule has 1 aromatic carbocycles. The van der Waals surface area contributed by atoms with Gasteiger partial charge in [0.1, 0.15) is 16.4 Å². The van der Waals surface area contributed by atoms with E-state index in [2.05, 4.69) is 13.8 Å². The summed E-state index contributed by atoms with van der Waals surface area (Å²) in [6.07, 6.45) is 1.72. The van der Waals surface area contributed by atoms with Crippen molar-refractivity contribution in [3.8, 4) is 11.5 Å². The van der Waals surface area contributed by atoms with Crippen molar-refractivity contribution in [1.82, 2.24) is 4.31 Å². The number of piperidine rings is 1. The van der Waals surface area contributed by atoms with Crippen molar-refractivity contribution >= 4 is 10.0 Å². The lowest BCUT2D eigenvalue weighted by atomic mass is 9.83. The van der Waals surface area contributed by atoms with Gasteiger partial charge in [0, 0.05) is 19.2 Å². The second-order valence-electron chi connectivity index (χ2n) is 6.09. The monoisotopic (exact) mass is 313 g/mol. The highest BCUT2D eigenvalue weighted by atomic mass is 32.2. The minimum absolute atomic E-state index is 0.170. The molecule has 118 valence electrons. The first-order chi connectivity index (χ1) is 9.80. The van der Waals surface area contributed by atoms with Crippen molar-refractivity contribution in [1.29, 1.82) is 0 Å². The maximum absolute atomic E-state index is 12.8. The molecular formula is C15H23NO4S. The number of sulfonamides is 1. The number of rotatable bonds is 4. The molecule has 1 aliphatic heterocycles. The van der Waals surface area contributed by atoms with Gasteiger partial charge in [-0.05, 0) is 30.4 Å². The third-order valence-corrected chi connectivity index (χ3v) is 5.98. The van der Waals surface area contributed by atoms with Gasteiger partial charge >= 0.3 is 0 Å². The molecule has 1 fully saturated rings. The first-order valence-corrected chi connectivity index (χ1v) is 8.46. The zero-order chi connectivity index (χ0) is 15.7. The fourth-order valence-electron chi connectivity index (χ4n) is 2.46. The Balaban J connectivity index is 2.35. The second-order valence-corrected chi connectivity index (χ2v) is 7.99. The summed E-state index contributed by atoms with van der Waals surface area (Å²) in [5.74, 6) is 0.854. The van der Waals surface area contributed by atoms with Crippen LogP contribution in [0.3, 0.4) is 0 Å². The summed E-state index contributed by atoms with van der Waals surface area (Å²) < 4.78 is 37.5. The molecule has 1 heterocycles. The Morgan fingerprint density at radius 1 is 1.10 bits per heavy atom. The summed E-state index contributed by atoms with van der Waals surface area (Å²) in [5, 5.41) is 0. The first kappa shape index (κ1) is 16.1. The Morgan fingerprint density at radius 3 is 2.24 bits per heavy atom. The second kappa shape index (κ2) is 5.85. The molecule has 0 aromatic heterocycles. The van der Waals surface area contributed by atoms with Crippen LogP contribution in [-0.2, 0) is 10.0 Å². The lowest BCUT2D eigenvalue weighted by Crippen LogP contribution is -2.41. The number of nitrogens with zero attached hydrogens (tertiary/aromatic N) is 1. The van der Waals surface area contributed by atoms with Crippen LogP contribution in [0.25, 0.3) is 0 Å². The smallest absolute Gasteiger partial charge is 0.246 e. The summed E-state index contributed by atoms with van der Waals surface area (Å²) in [6.45, 7) is 5.41. The van der Waals surface area contributed by atoms with Crippen LogP contribution in [0, 0.1) is 5.41 Å². The van der Waals surface area contributed by atoms with Crippen molar-refractivity contribution in [3.63, 3.8) is 0 Å². The Bertz CT molecular complexity index is 600. The third kappa shape index (κ3) is 3.32. The van der Waals surface area contributed by atoms with Gasteiger partial charge < -0.3 is 9.47 Å². The molecule has 0 atom stereocenters. The average Bonchev–Trinajstić information content (AvgIpc) is 2.46. The highest BCUT2D eigenvalue weighted by Gasteiger charge is 2.34. The molecule has 1 aliphatic rings. The maximum atomic E-state index is 12.8. The quantitative estimate of drug-likeness (QED) is 0.857. The largest absolute Gasteiger partial charge is 0.497 e. The molecule has 0 spiro atoms. The highest BCUT2D eigenvalue weighted by molar-refractivity contribution is 7.89. The maximum Gasteiger partial charge on any atom is 0.246 e. The summed E-state index contributed by atoms with van der Waals surface area (Å²) >= 11 is 0. The Kier molecular flexibility index (Phi) is 4.49. The molecule has 1 saturated heterocycles. The standard InChI is InChI=1S/C15H23NO4S/c1-15(2)7-9-16(10-8-15)21(17,18)14-11-12(19-3)5-6-13(14)20-4/h5-6,11H,7-10H2,1-4H3. The molecule has 1 aromatic rings. The lowest BCUT2D eigenvalue weighted by molar-refractivity contribution is 0.195. The summed E-state index contributed by atoms with van der Waals surface area (Å²) in [7, 11) is -0.571. The van der Waals surface area contributed by atoms with Crippen LogP contribution >= 0.6 is 0 Å². The van der Waals surface area contributed by atoms with Gasteiger partial charge in [0.15, 0.2) is 0 Å². The molecule has 5 nitrogen and oxygen atoms in total. The number of methoxy groups -OCH3 is 2. The van der Waals surface area contributed by atoms with Gasteiger partial charge in [0.2, 0.25) is 10.0 Å². The van der Waals surface area contributed by atoms with E-state index in [-0.39, 0.29) is 10.3 Å². The molecule has 0 bridgehead atoms. The SMILES string of the molecule is COc1ccc(OC)c(S(=O)(=O)N2CCC(C)(C)CC2)c1. The normalized spacial score (nSPS) is 19.2. The molecule has 0 amide bonds. The molecule has 0 radical (unpaired) electrons. The number of ether oxygens (including phenoxy) is 2. The molecule has 0 saturated carbocycles. The van der Waals surface area contributed by atoms with Crippen LogP contribution in [0.4, 0.5) is 0 Å². The van der Waals surface area contributed by atoms with Gasteiger partial charge in [0.25, 0.3) is 0 Å². The van der Waals surface area contributed by atoms with Gasteiger partial charge in [-0.1, -0.05) is 13.8 Å². The minimum Gasteiger partial charge on any atom is -0.497 e. The fourth-order valence-corrected chi connectivity index (χ4v) is 4.07. The van der Waals surface area contributed by atoms with Gasteiger partial charge in [-0.3, -0.25) is 0 Å². The zero-order valence-electron chi connectivity index (χ0n) is 13.0. The van der Waals surface area contributed by atoms with Crippen LogP contribution in [0.1, 0.15) is 26.7 Å². The molecule has 6 heteroatoms. The van der Waals surface area contributed by atoms with E-state index in [1.807, 2.05) is 0 Å². The van der Waals surface area contributed by atoms with Gasteiger partial charge in [0.05, 0.1) is 14.2 Å². The number of hydrogen-bond acceptors (Lipinski definition) is 4. The fraction of sp³-hybridized carbons (Fsp3) is 0.600. The lowest BCUT2D eigenvalue weighted by Gasteiger charge is -2.36.